The molecule has 1 aromatic carbocycles. The van der Waals surface area contributed by atoms with E-state index >= 15 is 0 Å². The summed E-state index contributed by atoms with van der Waals surface area (Å²) in [5, 5.41) is 47.7. The maximum Gasteiger partial charge on any atom is 0.245 e. The van der Waals surface area contributed by atoms with Crippen molar-refractivity contribution in [2.45, 2.75) is 224 Å². The van der Waals surface area contributed by atoms with Crippen LogP contribution in [0.4, 0.5) is 0 Å². The Morgan fingerprint density at radius 1 is 0.588 bits per heavy atom. The average Bonchev–Trinajstić information content (AvgIpc) is 3.65. The van der Waals surface area contributed by atoms with Gasteiger partial charge in [0.1, 0.15) is 60.4 Å². The van der Waals surface area contributed by atoms with E-state index in [0.717, 1.165) is 19.3 Å². The SMILES string of the molecule is CCCC1NC(=O)C(CCN)NC(=O)C(CC(C)C)NC(=O)C(Cc2ccccc2)NC(=O)C(CCN)NC(=O)C(NC(=O)C(CCN)NC(=O)C(NC(=O)C(CCN)NC(=O)CCCCC(C)CC)C(C)O)CCCC(=O)C(C(C)O)NC1=O. The molecule has 27 nitrogen and oxygen atoms in total. The third-order valence-corrected chi connectivity index (χ3v) is 14.6. The Balaban J connectivity index is 2.67. The predicted molar refractivity (Wildman–Crippen MR) is 319 cm³/mol. The van der Waals surface area contributed by atoms with Crippen LogP contribution in [0.1, 0.15) is 150 Å². The zero-order valence-electron chi connectivity index (χ0n) is 50.8. The normalized spacial score (nSPS) is 23.0. The maximum atomic E-state index is 14.6. The van der Waals surface area contributed by atoms with Crippen LogP contribution >= 0.6 is 0 Å². The van der Waals surface area contributed by atoms with E-state index in [0.29, 0.717) is 24.3 Å². The molecule has 0 spiro atoms. The number of unbranched alkanes of at least 4 members (excludes halogenated alkanes) is 1. The van der Waals surface area contributed by atoms with Gasteiger partial charge in [-0.15, -0.1) is 0 Å². The van der Waals surface area contributed by atoms with Gasteiger partial charge < -0.3 is 86.3 Å². The minimum absolute atomic E-state index is 0.00805. The van der Waals surface area contributed by atoms with Crippen LogP contribution in [0.15, 0.2) is 30.3 Å². The van der Waals surface area contributed by atoms with Gasteiger partial charge in [0.15, 0.2) is 5.78 Å². The summed E-state index contributed by atoms with van der Waals surface area (Å²) < 4.78 is 0. The molecule has 1 aliphatic heterocycles. The highest BCUT2D eigenvalue weighted by atomic mass is 16.3. The predicted octanol–water partition coefficient (Wildman–Crippen LogP) is -2.56. The second-order valence-electron chi connectivity index (χ2n) is 22.5. The van der Waals surface area contributed by atoms with Gasteiger partial charge in [-0.3, -0.25) is 52.7 Å². The number of rotatable bonds is 29. The molecule has 13 unspecified atom stereocenters. The first-order chi connectivity index (χ1) is 40.3. The number of amides is 10. The van der Waals surface area contributed by atoms with Gasteiger partial charge >= 0.3 is 0 Å². The van der Waals surface area contributed by atoms with E-state index < -0.39 is 144 Å². The van der Waals surface area contributed by atoms with Crippen LogP contribution in [0.25, 0.3) is 0 Å². The molecule has 0 aliphatic carbocycles. The van der Waals surface area contributed by atoms with Gasteiger partial charge in [-0.1, -0.05) is 90.6 Å². The zero-order chi connectivity index (χ0) is 63.8. The van der Waals surface area contributed by atoms with E-state index in [-0.39, 0.29) is 96.3 Å². The fraction of sp³-hybridized carbons (Fsp3) is 0.707. The van der Waals surface area contributed by atoms with Gasteiger partial charge in [-0.25, -0.2) is 0 Å². The van der Waals surface area contributed by atoms with Crippen LogP contribution in [0, 0.1) is 11.8 Å². The van der Waals surface area contributed by atoms with E-state index in [1.54, 1.807) is 51.1 Å². The number of benzene rings is 1. The lowest BCUT2D eigenvalue weighted by Gasteiger charge is -2.29. The monoisotopic (exact) mass is 1200 g/mol. The number of nitrogens with one attached hydrogen (secondary N) is 10. The summed E-state index contributed by atoms with van der Waals surface area (Å²) in [6, 6.07) is -5.60. The molecule has 0 saturated carbocycles. The zero-order valence-corrected chi connectivity index (χ0v) is 50.8. The molecular weight excluding hydrogens is 1100 g/mol. The van der Waals surface area contributed by atoms with E-state index in [2.05, 4.69) is 67.0 Å². The van der Waals surface area contributed by atoms with Gasteiger partial charge in [0.25, 0.3) is 0 Å². The molecule has 2 rings (SSSR count). The molecule has 0 aromatic heterocycles. The quantitative estimate of drug-likeness (QED) is 0.0367. The molecule has 85 heavy (non-hydrogen) atoms. The standard InChI is InChI=1S/C58H100N14O13/c1-8-16-38-54(81)71-48(35(6)73)46(75)21-15-20-39(65-52(79)43(26-30-62)68-58(85)49(36(7)74)72-55(82)40(23-27-59)63-47(76)22-14-13-17-34(5)9-2)50(77)66-42(25-29-61)53(80)70-45(32-37-18-11-10-12-19-37)57(84)69-44(31-33(3)4)56(83)67-41(24-28-60)51(78)64-38/h10-12,18-19,33-36,38-45,48-49,73-74H,8-9,13-17,20-32,59-62H2,1-7H3,(H,63,76)(H,64,78)(H,65,79)(H,66,77)(H,67,83)(H,68,85)(H,69,84)(H,70,80)(H,71,81)(H,72,82). The molecule has 1 saturated heterocycles. The first kappa shape index (κ1) is 74.5. The van der Waals surface area contributed by atoms with Gasteiger partial charge in [0.05, 0.1) is 12.2 Å². The first-order valence-electron chi connectivity index (χ1n) is 30.1. The summed E-state index contributed by atoms with van der Waals surface area (Å²) in [6.45, 7) is 11.6. The van der Waals surface area contributed by atoms with Crippen LogP contribution < -0.4 is 76.1 Å². The Labute approximate surface area is 500 Å². The van der Waals surface area contributed by atoms with Crippen LogP contribution in [-0.4, -0.2) is 174 Å². The molecule has 27 heteroatoms. The summed E-state index contributed by atoms with van der Waals surface area (Å²) in [4.78, 5) is 154. The largest absolute Gasteiger partial charge is 0.391 e. The third-order valence-electron chi connectivity index (χ3n) is 14.6. The second kappa shape index (κ2) is 39.9. The summed E-state index contributed by atoms with van der Waals surface area (Å²) in [7, 11) is 0. The van der Waals surface area contributed by atoms with Crippen molar-refractivity contribution in [3.63, 3.8) is 0 Å². The fourth-order valence-corrected chi connectivity index (χ4v) is 9.49. The molecule has 1 aliphatic rings. The third kappa shape index (κ3) is 27.1. The molecular formula is C58H100N14O13. The van der Waals surface area contributed by atoms with Crippen LogP contribution in [0.3, 0.4) is 0 Å². The van der Waals surface area contributed by atoms with E-state index in [9.17, 15) is 63.0 Å². The van der Waals surface area contributed by atoms with Gasteiger partial charge in [-0.05, 0) is 115 Å². The topological polar surface area (TPSA) is 453 Å². The second-order valence-corrected chi connectivity index (χ2v) is 22.5. The van der Waals surface area contributed by atoms with Crippen molar-refractivity contribution >= 4 is 64.9 Å². The van der Waals surface area contributed by atoms with Crippen LogP contribution in [-0.2, 0) is 59.2 Å². The summed E-state index contributed by atoms with van der Waals surface area (Å²) in [5.74, 6) is -8.75. The first-order valence-corrected chi connectivity index (χ1v) is 30.1. The Hall–Kier alpha value is -6.65. The molecule has 1 fully saturated rings. The van der Waals surface area contributed by atoms with Crippen molar-refractivity contribution in [1.82, 2.24) is 53.2 Å². The van der Waals surface area contributed by atoms with E-state index in [1.807, 2.05) is 0 Å². The summed E-state index contributed by atoms with van der Waals surface area (Å²) in [6.07, 6.45) is -0.641. The molecule has 10 amide bonds. The highest BCUT2D eigenvalue weighted by molar-refractivity contribution is 5.99. The van der Waals surface area contributed by atoms with Crippen molar-refractivity contribution < 1.29 is 63.0 Å². The molecule has 1 aromatic rings. The highest BCUT2D eigenvalue weighted by Gasteiger charge is 2.37. The highest BCUT2D eigenvalue weighted by Crippen LogP contribution is 2.15. The molecule has 1 heterocycles. The van der Waals surface area contributed by atoms with Crippen molar-refractivity contribution in [2.75, 3.05) is 26.2 Å². The lowest BCUT2D eigenvalue weighted by atomic mass is 9.98. The van der Waals surface area contributed by atoms with Crippen LogP contribution in [0.5, 0.6) is 0 Å². The molecule has 0 bridgehead atoms. The Kier molecular flexibility index (Phi) is 34.9. The Morgan fingerprint density at radius 2 is 1.11 bits per heavy atom. The molecule has 20 N–H and O–H groups in total. The molecule has 0 radical (unpaired) electrons. The number of ketones is 1. The minimum Gasteiger partial charge on any atom is -0.391 e. The van der Waals surface area contributed by atoms with Crippen molar-refractivity contribution in [2.24, 2.45) is 34.8 Å². The van der Waals surface area contributed by atoms with Gasteiger partial charge in [-0.2, -0.15) is 0 Å². The summed E-state index contributed by atoms with van der Waals surface area (Å²) in [5.41, 5.74) is 24.2. The maximum absolute atomic E-state index is 14.6. The number of aliphatic hydroxyl groups is 2. The van der Waals surface area contributed by atoms with E-state index in [1.165, 1.54) is 13.8 Å². The Morgan fingerprint density at radius 3 is 1.64 bits per heavy atom. The average molecular weight is 1200 g/mol. The number of Topliss-reactive ketones (excluding diaryl/α,β-unsaturated/α-hetero) is 1. The van der Waals surface area contributed by atoms with Crippen LogP contribution in [0.2, 0.25) is 0 Å². The van der Waals surface area contributed by atoms with E-state index in [4.69, 9.17) is 22.9 Å². The number of carbonyl (C=O) groups excluding carboxylic acids is 11. The van der Waals surface area contributed by atoms with Crippen molar-refractivity contribution in [1.29, 1.82) is 0 Å². The summed E-state index contributed by atoms with van der Waals surface area (Å²) >= 11 is 0. The molecule has 13 atom stereocenters. The van der Waals surface area contributed by atoms with Gasteiger partial charge in [0.2, 0.25) is 59.1 Å². The molecule has 480 valence electrons. The number of carbonyl (C=O) groups is 11. The lowest BCUT2D eigenvalue weighted by molar-refractivity contribution is -0.137. The van der Waals surface area contributed by atoms with Gasteiger partial charge in [0, 0.05) is 19.3 Å². The number of nitrogens with two attached hydrogens (primary N) is 4. The smallest absolute Gasteiger partial charge is 0.245 e. The van der Waals surface area contributed by atoms with Crippen molar-refractivity contribution in [3.8, 4) is 0 Å². The number of hydrogen-bond donors (Lipinski definition) is 16. The lowest BCUT2D eigenvalue weighted by Crippen LogP contribution is -2.62. The number of hydrogen-bond acceptors (Lipinski definition) is 17. The number of aliphatic hydroxyl groups excluding tert-OH is 2. The fourth-order valence-electron chi connectivity index (χ4n) is 9.49. The minimum atomic E-state index is -1.68. The Bertz CT molecular complexity index is 2310. The van der Waals surface area contributed by atoms with Crippen molar-refractivity contribution in [3.05, 3.63) is 35.9 Å².